The van der Waals surface area contributed by atoms with Crippen molar-refractivity contribution in [2.24, 2.45) is 0 Å². The molecule has 92 valence electrons. The Morgan fingerprint density at radius 3 is 2.13 bits per heavy atom. The third kappa shape index (κ3) is 4.41. The van der Waals surface area contributed by atoms with Crippen LogP contribution < -0.4 is 0 Å². The van der Waals surface area contributed by atoms with E-state index in [1.807, 2.05) is 0 Å². The molecule has 0 aromatic rings. The minimum atomic E-state index is -4.63. The Labute approximate surface area is 88.7 Å². The number of hydrogen-bond acceptors (Lipinski definition) is 6. The highest BCUT2D eigenvalue weighted by Crippen LogP contribution is 2.10. The molecule has 0 spiro atoms. The molecule has 0 amide bonds. The first-order chi connectivity index (χ1) is 6.88. The van der Waals surface area contributed by atoms with Crippen molar-refractivity contribution in [3.63, 3.8) is 0 Å². The van der Waals surface area contributed by atoms with Crippen molar-refractivity contribution in [1.82, 2.24) is 4.90 Å². The summed E-state index contributed by atoms with van der Waals surface area (Å²) in [6, 6.07) is -0.630. The monoisotopic (exact) mass is 243 g/mol. The molecule has 8 heteroatoms. The van der Waals surface area contributed by atoms with E-state index in [4.69, 9.17) is 14.8 Å². The first-order valence-electron chi connectivity index (χ1n) is 4.50. The molecule has 2 atom stereocenters. The van der Waals surface area contributed by atoms with Crippen LogP contribution in [0.3, 0.4) is 0 Å². The van der Waals surface area contributed by atoms with Crippen LogP contribution in [-0.2, 0) is 10.1 Å². The van der Waals surface area contributed by atoms with Gasteiger partial charge in [0.1, 0.15) is 0 Å². The maximum Gasteiger partial charge on any atom is 0.306 e. The summed E-state index contributed by atoms with van der Waals surface area (Å²) in [6.45, 7) is 0.772. The highest BCUT2D eigenvalue weighted by atomic mass is 32.2. The topological polar surface area (TPSA) is 118 Å². The summed E-state index contributed by atoms with van der Waals surface area (Å²) in [5.74, 6) is 0. The van der Waals surface area contributed by atoms with Crippen LogP contribution in [0.1, 0.15) is 13.3 Å². The van der Waals surface area contributed by atoms with Crippen molar-refractivity contribution in [3.05, 3.63) is 0 Å². The lowest BCUT2D eigenvalue weighted by Crippen LogP contribution is -2.49. The van der Waals surface area contributed by atoms with E-state index >= 15 is 0 Å². The van der Waals surface area contributed by atoms with Gasteiger partial charge in [-0.3, -0.25) is 9.45 Å². The summed E-state index contributed by atoms with van der Waals surface area (Å²) >= 11 is 0. The van der Waals surface area contributed by atoms with Gasteiger partial charge in [-0.1, -0.05) is 6.92 Å². The summed E-state index contributed by atoms with van der Waals surface area (Å²) in [5, 5.41) is 26.9. The van der Waals surface area contributed by atoms with Gasteiger partial charge in [0.2, 0.25) is 5.56 Å². The van der Waals surface area contributed by atoms with Crippen LogP contribution in [0.15, 0.2) is 0 Å². The van der Waals surface area contributed by atoms with Gasteiger partial charge in [0, 0.05) is 12.6 Å². The summed E-state index contributed by atoms with van der Waals surface area (Å²) in [7, 11) is -4.63. The average molecular weight is 243 g/mol. The predicted octanol–water partition coefficient (Wildman–Crippen LogP) is -1.78. The average Bonchev–Trinajstić information content (AvgIpc) is 2.16. The lowest BCUT2D eigenvalue weighted by molar-refractivity contribution is -0.00470. The van der Waals surface area contributed by atoms with Crippen molar-refractivity contribution < 1.29 is 28.3 Å². The normalized spacial score (nSPS) is 16.7. The Morgan fingerprint density at radius 2 is 1.87 bits per heavy atom. The Kier molecular flexibility index (Phi) is 6.25. The Bertz CT molecular complexity index is 263. The van der Waals surface area contributed by atoms with Gasteiger partial charge in [-0.15, -0.1) is 0 Å². The quantitative estimate of drug-likeness (QED) is 0.308. The third-order valence-electron chi connectivity index (χ3n) is 2.06. The van der Waals surface area contributed by atoms with Crippen LogP contribution in [-0.4, -0.2) is 64.6 Å². The van der Waals surface area contributed by atoms with Crippen LogP contribution in [0.2, 0.25) is 0 Å². The molecule has 0 saturated carbocycles. The highest BCUT2D eigenvalue weighted by Gasteiger charge is 2.31. The minimum absolute atomic E-state index is 0.153. The smallest absolute Gasteiger partial charge is 0.306 e. The number of aliphatic hydroxyl groups excluding tert-OH is 3. The SMILES string of the molecule is CCC(CO)N(CCO)C(O)S(=O)(=O)O. The molecule has 2 unspecified atom stereocenters. The second-order valence-electron chi connectivity index (χ2n) is 3.05. The largest absolute Gasteiger partial charge is 0.395 e. The minimum Gasteiger partial charge on any atom is -0.395 e. The lowest BCUT2D eigenvalue weighted by Gasteiger charge is -2.31. The summed E-state index contributed by atoms with van der Waals surface area (Å²) in [6.07, 6.45) is 0.378. The number of aliphatic hydroxyl groups is 3. The van der Waals surface area contributed by atoms with E-state index in [0.717, 1.165) is 4.90 Å². The molecule has 0 aromatic heterocycles. The molecule has 0 radical (unpaired) electrons. The van der Waals surface area contributed by atoms with Gasteiger partial charge in [-0.05, 0) is 6.42 Å². The first-order valence-corrected chi connectivity index (χ1v) is 6.00. The Hall–Kier alpha value is -0.250. The van der Waals surface area contributed by atoms with Gasteiger partial charge in [-0.25, -0.2) is 0 Å². The second kappa shape index (κ2) is 6.36. The maximum atomic E-state index is 10.7. The fraction of sp³-hybridized carbons (Fsp3) is 1.00. The molecule has 0 fully saturated rings. The number of rotatable bonds is 7. The molecule has 7 nitrogen and oxygen atoms in total. The summed E-state index contributed by atoms with van der Waals surface area (Å²) < 4.78 is 30.0. The van der Waals surface area contributed by atoms with Crippen molar-refractivity contribution in [2.45, 2.75) is 24.9 Å². The fourth-order valence-corrected chi connectivity index (χ4v) is 1.85. The molecular weight excluding hydrogens is 226 g/mol. The zero-order valence-corrected chi connectivity index (χ0v) is 9.26. The summed E-state index contributed by atoms with van der Waals surface area (Å²) in [4.78, 5) is 0.926. The van der Waals surface area contributed by atoms with E-state index in [1.165, 1.54) is 0 Å². The van der Waals surface area contributed by atoms with Gasteiger partial charge in [0.05, 0.1) is 13.2 Å². The van der Waals surface area contributed by atoms with Gasteiger partial charge >= 0.3 is 10.1 Å². The zero-order chi connectivity index (χ0) is 12.1. The van der Waals surface area contributed by atoms with Crippen LogP contribution in [0.25, 0.3) is 0 Å². The van der Waals surface area contributed by atoms with Gasteiger partial charge in [0.15, 0.2) is 0 Å². The van der Waals surface area contributed by atoms with E-state index in [1.54, 1.807) is 6.92 Å². The molecular formula is C7H17NO6S. The Balaban J connectivity index is 4.79. The van der Waals surface area contributed by atoms with Crippen LogP contribution in [0, 0.1) is 0 Å². The first kappa shape index (κ1) is 14.8. The molecule has 0 bridgehead atoms. The highest BCUT2D eigenvalue weighted by molar-refractivity contribution is 7.86. The van der Waals surface area contributed by atoms with Crippen LogP contribution in [0.5, 0.6) is 0 Å². The lowest BCUT2D eigenvalue weighted by atomic mass is 10.2. The maximum absolute atomic E-state index is 10.7. The van der Waals surface area contributed by atoms with E-state index in [-0.39, 0.29) is 19.8 Å². The number of nitrogens with zero attached hydrogens (tertiary/aromatic N) is 1. The molecule has 0 rings (SSSR count). The molecule has 0 aliphatic rings. The van der Waals surface area contributed by atoms with Gasteiger partial charge < -0.3 is 15.3 Å². The van der Waals surface area contributed by atoms with Gasteiger partial charge in [-0.2, -0.15) is 8.42 Å². The Morgan fingerprint density at radius 1 is 1.33 bits per heavy atom. The van der Waals surface area contributed by atoms with E-state index in [9.17, 15) is 13.5 Å². The van der Waals surface area contributed by atoms with E-state index < -0.39 is 21.7 Å². The van der Waals surface area contributed by atoms with Crippen molar-refractivity contribution in [2.75, 3.05) is 19.8 Å². The second-order valence-corrected chi connectivity index (χ2v) is 4.50. The fourth-order valence-electron chi connectivity index (χ4n) is 1.23. The van der Waals surface area contributed by atoms with Crippen LogP contribution >= 0.6 is 0 Å². The van der Waals surface area contributed by atoms with Gasteiger partial charge in [0.25, 0.3) is 0 Å². The molecule has 0 aliphatic carbocycles. The molecule has 0 saturated heterocycles. The molecule has 0 aliphatic heterocycles. The number of hydrogen-bond donors (Lipinski definition) is 4. The van der Waals surface area contributed by atoms with Crippen molar-refractivity contribution in [3.8, 4) is 0 Å². The molecule has 15 heavy (non-hydrogen) atoms. The standard InChI is InChI=1S/C7H17NO6S/c1-2-6(5-10)8(3-4-9)7(11)15(12,13)14/h6-7,9-11H,2-5H2,1H3,(H,12,13,14). The summed E-state index contributed by atoms with van der Waals surface area (Å²) in [5.41, 5.74) is -2.12. The van der Waals surface area contributed by atoms with E-state index in [2.05, 4.69) is 0 Å². The zero-order valence-electron chi connectivity index (χ0n) is 8.44. The van der Waals surface area contributed by atoms with Crippen LogP contribution in [0.4, 0.5) is 0 Å². The van der Waals surface area contributed by atoms with Crippen molar-refractivity contribution >= 4 is 10.1 Å². The molecule has 4 N–H and O–H groups in total. The predicted molar refractivity (Wildman–Crippen MR) is 52.5 cm³/mol. The van der Waals surface area contributed by atoms with Crippen molar-refractivity contribution in [1.29, 1.82) is 0 Å². The van der Waals surface area contributed by atoms with E-state index in [0.29, 0.717) is 6.42 Å². The molecule has 0 heterocycles. The third-order valence-corrected chi connectivity index (χ3v) is 2.86. The molecule has 0 aromatic carbocycles.